The molecule has 0 unspecified atom stereocenters. The van der Waals surface area contributed by atoms with Crippen LogP contribution in [0, 0.1) is 5.92 Å². The fourth-order valence-corrected chi connectivity index (χ4v) is 3.77. The molecule has 2 aliphatic rings. The summed E-state index contributed by atoms with van der Waals surface area (Å²) in [6.45, 7) is 0.743. The van der Waals surface area contributed by atoms with Gasteiger partial charge in [-0.15, -0.1) is 0 Å². The monoisotopic (exact) mass is 301 g/mol. The Kier molecular flexibility index (Phi) is 3.05. The molecule has 1 saturated heterocycles. The molecule has 0 amide bonds. The SMILES string of the molecule is Oc1cccc2c1N[C@H](c1ccccc1Cl)[C@H]1CCO[C@@H]21. The smallest absolute Gasteiger partial charge is 0.139 e. The molecule has 3 nitrogen and oxygen atoms in total. The molecule has 2 N–H and O–H groups in total. The van der Waals surface area contributed by atoms with Crippen molar-refractivity contribution in [2.45, 2.75) is 18.6 Å². The van der Waals surface area contributed by atoms with Gasteiger partial charge in [0.15, 0.2) is 0 Å². The number of nitrogens with one attached hydrogen (secondary N) is 1. The van der Waals surface area contributed by atoms with E-state index in [0.29, 0.717) is 5.92 Å². The van der Waals surface area contributed by atoms with Crippen molar-refractivity contribution in [3.8, 4) is 5.75 Å². The van der Waals surface area contributed by atoms with Crippen molar-refractivity contribution in [3.63, 3.8) is 0 Å². The number of hydrogen-bond acceptors (Lipinski definition) is 3. The summed E-state index contributed by atoms with van der Waals surface area (Å²) < 4.78 is 5.94. The number of rotatable bonds is 1. The van der Waals surface area contributed by atoms with Crippen LogP contribution in [0.3, 0.4) is 0 Å². The zero-order valence-electron chi connectivity index (χ0n) is 11.4. The fourth-order valence-electron chi connectivity index (χ4n) is 3.52. The summed E-state index contributed by atoms with van der Waals surface area (Å²) in [5.41, 5.74) is 2.87. The van der Waals surface area contributed by atoms with Gasteiger partial charge < -0.3 is 15.2 Å². The molecular formula is C17H16ClNO2. The van der Waals surface area contributed by atoms with Gasteiger partial charge in [-0.3, -0.25) is 0 Å². The molecule has 2 heterocycles. The number of aromatic hydroxyl groups is 1. The Morgan fingerprint density at radius 2 is 1.90 bits per heavy atom. The van der Waals surface area contributed by atoms with Gasteiger partial charge in [0.2, 0.25) is 0 Å². The molecule has 2 aromatic carbocycles. The van der Waals surface area contributed by atoms with Crippen molar-refractivity contribution in [3.05, 3.63) is 58.6 Å². The number of para-hydroxylation sites is 1. The number of ether oxygens (including phenoxy) is 1. The Morgan fingerprint density at radius 1 is 1.10 bits per heavy atom. The standard InChI is InChI=1S/C17H16ClNO2/c18-13-6-2-1-4-10(13)15-12-8-9-21-17(12)11-5-3-7-14(20)16(11)19-15/h1-7,12,15,17,19-20H,8-9H2/t12-,15-,17+/m1/s1. The van der Waals surface area contributed by atoms with Crippen LogP contribution in [0.25, 0.3) is 0 Å². The van der Waals surface area contributed by atoms with Gasteiger partial charge in [-0.2, -0.15) is 0 Å². The summed E-state index contributed by atoms with van der Waals surface area (Å²) in [6.07, 6.45) is 1.01. The van der Waals surface area contributed by atoms with Gasteiger partial charge >= 0.3 is 0 Å². The van der Waals surface area contributed by atoms with Gasteiger partial charge in [-0.1, -0.05) is 41.9 Å². The summed E-state index contributed by atoms with van der Waals surface area (Å²) in [5.74, 6) is 0.595. The topological polar surface area (TPSA) is 41.5 Å². The molecule has 1 fully saturated rings. The van der Waals surface area contributed by atoms with Crippen molar-refractivity contribution in [2.24, 2.45) is 5.92 Å². The summed E-state index contributed by atoms with van der Waals surface area (Å²) in [5, 5.41) is 14.4. The first-order chi connectivity index (χ1) is 10.3. The minimum atomic E-state index is 0.0228. The van der Waals surface area contributed by atoms with Crippen molar-refractivity contribution in [1.82, 2.24) is 0 Å². The molecule has 4 rings (SSSR count). The molecule has 0 bridgehead atoms. The number of halogens is 1. The van der Waals surface area contributed by atoms with Crippen LogP contribution in [0.5, 0.6) is 5.75 Å². The summed E-state index contributed by atoms with van der Waals surface area (Å²) in [7, 11) is 0. The third kappa shape index (κ3) is 2.00. The van der Waals surface area contributed by atoms with Gasteiger partial charge in [0.1, 0.15) is 5.75 Å². The third-order valence-electron chi connectivity index (χ3n) is 4.49. The van der Waals surface area contributed by atoms with Gasteiger partial charge in [0, 0.05) is 23.1 Å². The Labute approximate surface area is 128 Å². The van der Waals surface area contributed by atoms with Crippen LogP contribution in [0.15, 0.2) is 42.5 Å². The van der Waals surface area contributed by atoms with Gasteiger partial charge in [-0.25, -0.2) is 0 Å². The van der Waals surface area contributed by atoms with Gasteiger partial charge in [0.25, 0.3) is 0 Å². The van der Waals surface area contributed by atoms with E-state index in [0.717, 1.165) is 34.9 Å². The second-order valence-corrected chi connectivity index (χ2v) is 6.04. The van der Waals surface area contributed by atoms with E-state index >= 15 is 0 Å². The lowest BCUT2D eigenvalue weighted by Crippen LogP contribution is -2.29. The molecule has 0 aromatic heterocycles. The van der Waals surface area contributed by atoms with Gasteiger partial charge in [0.05, 0.1) is 17.8 Å². The van der Waals surface area contributed by atoms with E-state index in [9.17, 15) is 5.11 Å². The predicted octanol–water partition coefficient (Wildman–Crippen LogP) is 4.29. The van der Waals surface area contributed by atoms with E-state index in [1.54, 1.807) is 6.07 Å². The summed E-state index contributed by atoms with van der Waals surface area (Å²) in [6, 6.07) is 13.5. The lowest BCUT2D eigenvalue weighted by molar-refractivity contribution is 0.0826. The highest BCUT2D eigenvalue weighted by molar-refractivity contribution is 6.31. The number of phenols is 1. The number of fused-ring (bicyclic) bond motifs is 3. The first kappa shape index (κ1) is 13.0. The lowest BCUT2D eigenvalue weighted by Gasteiger charge is -2.37. The highest BCUT2D eigenvalue weighted by Gasteiger charge is 2.42. The van der Waals surface area contributed by atoms with Crippen molar-refractivity contribution in [1.29, 1.82) is 0 Å². The first-order valence-corrected chi connectivity index (χ1v) is 7.58. The van der Waals surface area contributed by atoms with E-state index in [1.165, 1.54) is 0 Å². The lowest BCUT2D eigenvalue weighted by atomic mass is 9.81. The Hall–Kier alpha value is -1.71. The van der Waals surface area contributed by atoms with Crippen molar-refractivity contribution < 1.29 is 9.84 Å². The van der Waals surface area contributed by atoms with Crippen LogP contribution in [0.2, 0.25) is 5.02 Å². The van der Waals surface area contributed by atoms with E-state index in [4.69, 9.17) is 16.3 Å². The summed E-state index contributed by atoms with van der Waals surface area (Å²) in [4.78, 5) is 0. The molecule has 0 aliphatic carbocycles. The molecule has 3 atom stereocenters. The first-order valence-electron chi connectivity index (χ1n) is 7.20. The van der Waals surface area contributed by atoms with E-state index in [-0.39, 0.29) is 17.9 Å². The molecule has 4 heteroatoms. The van der Waals surface area contributed by atoms with Crippen molar-refractivity contribution in [2.75, 3.05) is 11.9 Å². The average molecular weight is 302 g/mol. The zero-order chi connectivity index (χ0) is 14.4. The fraction of sp³-hybridized carbons (Fsp3) is 0.294. The van der Waals surface area contributed by atoms with Crippen molar-refractivity contribution >= 4 is 17.3 Å². The Bertz CT molecular complexity index is 688. The molecule has 0 radical (unpaired) electrons. The Balaban J connectivity index is 1.84. The van der Waals surface area contributed by atoms with Gasteiger partial charge in [-0.05, 0) is 24.1 Å². The summed E-state index contributed by atoms with van der Waals surface area (Å²) >= 11 is 6.37. The highest BCUT2D eigenvalue weighted by atomic mass is 35.5. The molecule has 108 valence electrons. The van der Waals surface area contributed by atoms with Crippen LogP contribution in [-0.2, 0) is 4.74 Å². The van der Waals surface area contributed by atoms with E-state index in [2.05, 4.69) is 5.32 Å². The quantitative estimate of drug-likeness (QED) is 0.772. The zero-order valence-corrected chi connectivity index (χ0v) is 12.2. The third-order valence-corrected chi connectivity index (χ3v) is 4.83. The maximum Gasteiger partial charge on any atom is 0.139 e. The number of benzene rings is 2. The van der Waals surface area contributed by atoms with Crippen LogP contribution in [-0.4, -0.2) is 11.7 Å². The second kappa shape index (κ2) is 4.93. The maximum atomic E-state index is 10.2. The number of hydrogen-bond donors (Lipinski definition) is 2. The number of anilines is 1. The highest BCUT2D eigenvalue weighted by Crippen LogP contribution is 2.52. The van der Waals surface area contributed by atoms with Crippen LogP contribution < -0.4 is 5.32 Å². The van der Waals surface area contributed by atoms with Crippen LogP contribution in [0.1, 0.15) is 29.7 Å². The minimum Gasteiger partial charge on any atom is -0.506 e. The molecule has 2 aromatic rings. The molecule has 0 spiro atoms. The van der Waals surface area contributed by atoms with E-state index in [1.807, 2.05) is 36.4 Å². The molecule has 2 aliphatic heterocycles. The molecule has 21 heavy (non-hydrogen) atoms. The minimum absolute atomic E-state index is 0.0228. The maximum absolute atomic E-state index is 10.2. The van der Waals surface area contributed by atoms with Crippen LogP contribution >= 0.6 is 11.6 Å². The molecule has 0 saturated carbocycles. The predicted molar refractivity (Wildman–Crippen MR) is 82.7 cm³/mol. The number of phenolic OH excluding ortho intramolecular Hbond substituents is 1. The second-order valence-electron chi connectivity index (χ2n) is 5.63. The molecular weight excluding hydrogens is 286 g/mol. The average Bonchev–Trinajstić information content (AvgIpc) is 2.97. The normalized spacial score (nSPS) is 26.8. The Morgan fingerprint density at radius 3 is 2.76 bits per heavy atom. The largest absolute Gasteiger partial charge is 0.506 e. The van der Waals surface area contributed by atoms with Crippen LogP contribution in [0.4, 0.5) is 5.69 Å². The van der Waals surface area contributed by atoms with E-state index < -0.39 is 0 Å².